The number of benzene rings is 1. The predicted octanol–water partition coefficient (Wildman–Crippen LogP) is 3.86. The van der Waals surface area contributed by atoms with Crippen molar-refractivity contribution < 1.29 is 8.42 Å². The van der Waals surface area contributed by atoms with Crippen molar-refractivity contribution in [3.63, 3.8) is 0 Å². The molecule has 0 bridgehead atoms. The Hall–Kier alpha value is -0.390. The Morgan fingerprint density at radius 1 is 1.20 bits per heavy atom. The third-order valence-corrected chi connectivity index (χ3v) is 6.79. The first kappa shape index (κ1) is 16.0. The highest BCUT2D eigenvalue weighted by molar-refractivity contribution is 9.10. The van der Waals surface area contributed by atoms with Gasteiger partial charge in [-0.15, -0.1) is 0 Å². The first-order chi connectivity index (χ1) is 9.29. The summed E-state index contributed by atoms with van der Waals surface area (Å²) in [5, 5.41) is 0. The zero-order valence-electron chi connectivity index (χ0n) is 12.2. The van der Waals surface area contributed by atoms with Crippen LogP contribution in [0.3, 0.4) is 0 Å². The average molecular weight is 360 g/mol. The smallest absolute Gasteiger partial charge is 0.208 e. The number of hydrogen-bond acceptors (Lipinski definition) is 2. The summed E-state index contributed by atoms with van der Waals surface area (Å²) in [5.41, 5.74) is 1.04. The second-order valence-corrected chi connectivity index (χ2v) is 8.56. The third-order valence-electron chi connectivity index (χ3n) is 4.30. The van der Waals surface area contributed by atoms with Crippen molar-refractivity contribution in [3.8, 4) is 0 Å². The maximum Gasteiger partial charge on any atom is 0.241 e. The fraction of sp³-hybridized carbons (Fsp3) is 0.600. The van der Waals surface area contributed by atoms with E-state index in [1.54, 1.807) is 6.07 Å². The Morgan fingerprint density at radius 2 is 1.90 bits per heavy atom. The van der Waals surface area contributed by atoms with Gasteiger partial charge in [-0.1, -0.05) is 19.9 Å². The zero-order valence-corrected chi connectivity index (χ0v) is 14.6. The minimum atomic E-state index is -3.45. The Kier molecular flexibility index (Phi) is 4.92. The van der Waals surface area contributed by atoms with Crippen molar-refractivity contribution in [2.45, 2.75) is 51.0 Å². The first-order valence-electron chi connectivity index (χ1n) is 7.08. The van der Waals surface area contributed by atoms with Gasteiger partial charge in [0.1, 0.15) is 0 Å². The monoisotopic (exact) mass is 359 g/mol. The Balaban J connectivity index is 2.15. The second kappa shape index (κ2) is 6.16. The van der Waals surface area contributed by atoms with Crippen LogP contribution in [0, 0.1) is 18.8 Å². The van der Waals surface area contributed by atoms with Crippen LogP contribution in [0.5, 0.6) is 0 Å². The lowest BCUT2D eigenvalue weighted by Crippen LogP contribution is -2.39. The molecule has 0 amide bonds. The van der Waals surface area contributed by atoms with E-state index in [9.17, 15) is 8.42 Å². The van der Waals surface area contributed by atoms with Crippen LogP contribution in [-0.2, 0) is 10.0 Å². The molecule has 1 aliphatic carbocycles. The summed E-state index contributed by atoms with van der Waals surface area (Å²) in [6, 6.07) is 5.38. The number of hydrogen-bond donors (Lipinski definition) is 1. The van der Waals surface area contributed by atoms with Crippen LogP contribution >= 0.6 is 15.9 Å². The van der Waals surface area contributed by atoms with Gasteiger partial charge in [0.2, 0.25) is 10.0 Å². The van der Waals surface area contributed by atoms with Gasteiger partial charge in [0.15, 0.2) is 0 Å². The molecule has 3 unspecified atom stereocenters. The molecule has 0 aliphatic heterocycles. The van der Waals surface area contributed by atoms with Gasteiger partial charge in [-0.2, -0.15) is 0 Å². The molecule has 3 atom stereocenters. The average Bonchev–Trinajstić information content (AvgIpc) is 2.33. The van der Waals surface area contributed by atoms with Crippen LogP contribution in [0.4, 0.5) is 0 Å². The molecular weight excluding hydrogens is 338 g/mol. The van der Waals surface area contributed by atoms with E-state index in [2.05, 4.69) is 34.5 Å². The Morgan fingerprint density at radius 3 is 2.50 bits per heavy atom. The van der Waals surface area contributed by atoms with E-state index >= 15 is 0 Å². The predicted molar refractivity (Wildman–Crippen MR) is 85.2 cm³/mol. The molecule has 1 aliphatic rings. The standard InChI is InChI=1S/C15H22BrNO2S/c1-10-4-7-15(14(16)8-10)20(18,19)17-13-6-5-11(2)12(3)9-13/h4,7-8,11-13,17H,5-6,9H2,1-3H3. The minimum absolute atomic E-state index is 0.0550. The lowest BCUT2D eigenvalue weighted by molar-refractivity contribution is 0.242. The van der Waals surface area contributed by atoms with E-state index in [4.69, 9.17) is 0 Å². The summed E-state index contributed by atoms with van der Waals surface area (Å²) < 4.78 is 28.5. The molecule has 5 heteroatoms. The molecule has 0 saturated heterocycles. The number of aryl methyl sites for hydroxylation is 1. The summed E-state index contributed by atoms with van der Waals surface area (Å²) in [6.07, 6.45) is 2.93. The fourth-order valence-corrected chi connectivity index (χ4v) is 5.24. The number of sulfonamides is 1. The molecule has 2 rings (SSSR count). The molecule has 0 aromatic heterocycles. The summed E-state index contributed by atoms with van der Waals surface area (Å²) in [6.45, 7) is 6.39. The van der Waals surface area contributed by atoms with Crippen molar-refractivity contribution in [3.05, 3.63) is 28.2 Å². The maximum atomic E-state index is 12.5. The minimum Gasteiger partial charge on any atom is -0.208 e. The number of halogens is 1. The third kappa shape index (κ3) is 3.62. The molecule has 1 saturated carbocycles. The lowest BCUT2D eigenvalue weighted by atomic mass is 9.79. The van der Waals surface area contributed by atoms with Crippen molar-refractivity contribution in [2.75, 3.05) is 0 Å². The van der Waals surface area contributed by atoms with E-state index in [1.807, 2.05) is 19.1 Å². The van der Waals surface area contributed by atoms with Crippen LogP contribution < -0.4 is 4.72 Å². The topological polar surface area (TPSA) is 46.2 Å². The van der Waals surface area contributed by atoms with Crippen molar-refractivity contribution >= 4 is 26.0 Å². The highest BCUT2D eigenvalue weighted by Crippen LogP contribution is 2.31. The van der Waals surface area contributed by atoms with Gasteiger partial charge < -0.3 is 0 Å². The molecule has 112 valence electrons. The summed E-state index contributed by atoms with van der Waals surface area (Å²) in [5.74, 6) is 1.25. The van der Waals surface area contributed by atoms with Gasteiger partial charge in [0.25, 0.3) is 0 Å². The normalized spacial score (nSPS) is 27.5. The van der Waals surface area contributed by atoms with Gasteiger partial charge in [-0.3, -0.25) is 0 Å². The number of rotatable bonds is 3. The molecule has 1 aromatic carbocycles. The molecule has 3 nitrogen and oxygen atoms in total. The van der Waals surface area contributed by atoms with E-state index in [0.717, 1.165) is 24.8 Å². The van der Waals surface area contributed by atoms with E-state index in [1.165, 1.54) is 0 Å². The zero-order chi connectivity index (χ0) is 14.9. The van der Waals surface area contributed by atoms with E-state index < -0.39 is 10.0 Å². The highest BCUT2D eigenvalue weighted by Gasteiger charge is 2.28. The summed E-state index contributed by atoms with van der Waals surface area (Å²) in [7, 11) is -3.45. The molecule has 0 spiro atoms. The van der Waals surface area contributed by atoms with Gasteiger partial charge in [0, 0.05) is 10.5 Å². The number of nitrogens with one attached hydrogen (secondary N) is 1. The van der Waals surface area contributed by atoms with Crippen LogP contribution in [-0.4, -0.2) is 14.5 Å². The fourth-order valence-electron chi connectivity index (χ4n) is 2.76. The van der Waals surface area contributed by atoms with Crippen LogP contribution in [0.2, 0.25) is 0 Å². The van der Waals surface area contributed by atoms with Gasteiger partial charge in [-0.05, 0) is 71.6 Å². The second-order valence-electron chi connectivity index (χ2n) is 6.02. The van der Waals surface area contributed by atoms with Gasteiger partial charge >= 0.3 is 0 Å². The molecule has 0 radical (unpaired) electrons. The molecule has 1 aromatic rings. The van der Waals surface area contributed by atoms with Crippen LogP contribution in [0.15, 0.2) is 27.6 Å². The van der Waals surface area contributed by atoms with Crippen molar-refractivity contribution in [1.82, 2.24) is 4.72 Å². The lowest BCUT2D eigenvalue weighted by Gasteiger charge is -2.32. The summed E-state index contributed by atoms with van der Waals surface area (Å²) >= 11 is 3.35. The highest BCUT2D eigenvalue weighted by atomic mass is 79.9. The van der Waals surface area contributed by atoms with Crippen molar-refractivity contribution in [2.24, 2.45) is 11.8 Å². The molecule has 1 fully saturated rings. The molecular formula is C15H22BrNO2S. The quantitative estimate of drug-likeness (QED) is 0.890. The van der Waals surface area contributed by atoms with Crippen LogP contribution in [0.1, 0.15) is 38.7 Å². The summed E-state index contributed by atoms with van der Waals surface area (Å²) in [4.78, 5) is 0.328. The maximum absolute atomic E-state index is 12.5. The van der Waals surface area contributed by atoms with Crippen LogP contribution in [0.25, 0.3) is 0 Å². The van der Waals surface area contributed by atoms with E-state index in [0.29, 0.717) is 21.2 Å². The SMILES string of the molecule is Cc1ccc(S(=O)(=O)NC2CCC(C)C(C)C2)c(Br)c1. The molecule has 1 N–H and O–H groups in total. The van der Waals surface area contributed by atoms with E-state index in [-0.39, 0.29) is 6.04 Å². The Labute approximate surface area is 130 Å². The largest absolute Gasteiger partial charge is 0.241 e. The van der Waals surface area contributed by atoms with Crippen molar-refractivity contribution in [1.29, 1.82) is 0 Å². The first-order valence-corrected chi connectivity index (χ1v) is 9.35. The van der Waals surface area contributed by atoms with Gasteiger partial charge in [0.05, 0.1) is 4.90 Å². The van der Waals surface area contributed by atoms with Gasteiger partial charge in [-0.25, -0.2) is 13.1 Å². The molecule has 20 heavy (non-hydrogen) atoms. The Bertz CT molecular complexity index is 586. The molecule has 0 heterocycles.